The highest BCUT2D eigenvalue weighted by Crippen LogP contribution is 2.45. The fraction of sp³-hybridized carbons (Fsp3) is 0. The van der Waals surface area contributed by atoms with Gasteiger partial charge in [0.25, 0.3) is 0 Å². The maximum absolute atomic E-state index is 9.86. The summed E-state index contributed by atoms with van der Waals surface area (Å²) in [4.78, 5) is 1.37. The van der Waals surface area contributed by atoms with E-state index in [1.807, 2.05) is 140 Å². The predicted molar refractivity (Wildman–Crippen MR) is 249 cm³/mol. The van der Waals surface area contributed by atoms with Gasteiger partial charge in [0.1, 0.15) is 11.2 Å². The average Bonchev–Trinajstić information content (AvgIpc) is 3.91. The van der Waals surface area contributed by atoms with E-state index in [0.717, 1.165) is 43.4 Å². The minimum Gasteiger partial charge on any atom is -0.455 e. The Bertz CT molecular complexity index is 3950. The quantitative estimate of drug-likeness (QED) is 0.168. The van der Waals surface area contributed by atoms with Gasteiger partial charge in [0, 0.05) is 38.6 Å². The molecule has 59 heavy (non-hydrogen) atoms. The molecule has 12 rings (SSSR count). The van der Waals surface area contributed by atoms with Crippen molar-refractivity contribution in [2.75, 3.05) is 4.90 Å². The molecule has 12 aromatic rings. The van der Waals surface area contributed by atoms with Gasteiger partial charge in [0.2, 0.25) is 0 Å². The van der Waals surface area contributed by atoms with Crippen LogP contribution in [0.5, 0.6) is 0 Å². The molecule has 0 N–H and O–H groups in total. The molecule has 276 valence electrons. The zero-order valence-corrected chi connectivity index (χ0v) is 31.5. The number of para-hydroxylation sites is 2. The summed E-state index contributed by atoms with van der Waals surface area (Å²) in [7, 11) is 0. The van der Waals surface area contributed by atoms with E-state index < -0.39 is 24.2 Å². The monoisotopic (exact) mass is 760 g/mol. The average molecular weight is 761 g/mol. The van der Waals surface area contributed by atoms with Gasteiger partial charge in [-0.3, -0.25) is 0 Å². The molecule has 0 atom stereocenters. The summed E-state index contributed by atoms with van der Waals surface area (Å²) in [5.41, 5.74) is 4.63. The lowest BCUT2D eigenvalue weighted by Crippen LogP contribution is -2.10. The Morgan fingerprint density at radius 1 is 0.407 bits per heavy atom. The molecule has 3 heteroatoms. The van der Waals surface area contributed by atoms with Gasteiger partial charge in [0.15, 0.2) is 0 Å². The van der Waals surface area contributed by atoms with Gasteiger partial charge in [-0.2, -0.15) is 0 Å². The molecule has 0 saturated carbocycles. The Balaban J connectivity index is 1.13. The highest BCUT2D eigenvalue weighted by Gasteiger charge is 2.21. The molecule has 2 heterocycles. The van der Waals surface area contributed by atoms with Gasteiger partial charge in [0.05, 0.1) is 33.1 Å². The number of rotatable bonds is 6. The molecule has 2 aromatic heterocycles. The van der Waals surface area contributed by atoms with Gasteiger partial charge in [-0.05, 0) is 117 Å². The second kappa shape index (κ2) is 13.4. The summed E-state index contributed by atoms with van der Waals surface area (Å²) in [5, 5.41) is 6.96. The van der Waals surface area contributed by atoms with Gasteiger partial charge in [-0.1, -0.05) is 139 Å². The number of nitrogens with zero attached hydrogens (tertiary/aromatic N) is 2. The fourth-order valence-corrected chi connectivity index (χ4v) is 8.55. The van der Waals surface area contributed by atoms with E-state index in [9.17, 15) is 11.0 Å². The standard InChI is InChI=1S/C56H36N2O/c1-2-13-40-36-43(24-23-37(40)11-1)42-15-9-14-41(35-42)38-25-28-44(29-26-38)57(53-21-10-22-54-55(53)50-34-27-39-12-3-4-16-47(39)56(50)59-54)45-30-32-46(33-31-45)58-51-19-7-5-17-48(51)49-18-6-8-20-52(49)58/h1-36H/i25D,26D,28D,29D,30D,31D,32D,33D. The minimum atomic E-state index is -0.433. The number of anilines is 3. The van der Waals surface area contributed by atoms with Crippen LogP contribution < -0.4 is 4.90 Å². The van der Waals surface area contributed by atoms with Crippen molar-refractivity contribution in [3.63, 3.8) is 0 Å². The van der Waals surface area contributed by atoms with Crippen LogP contribution in [0.1, 0.15) is 11.0 Å². The summed E-state index contributed by atoms with van der Waals surface area (Å²) in [6, 6.07) is 50.8. The molecule has 0 amide bonds. The highest BCUT2D eigenvalue weighted by molar-refractivity contribution is 6.19. The third-order valence-corrected chi connectivity index (χ3v) is 11.3. The van der Waals surface area contributed by atoms with Crippen molar-refractivity contribution in [1.29, 1.82) is 0 Å². The number of fused-ring (bicyclic) bond motifs is 9. The van der Waals surface area contributed by atoms with Crippen LogP contribution in [0, 0.1) is 0 Å². The lowest BCUT2D eigenvalue weighted by molar-refractivity contribution is 0.672. The Hall–Kier alpha value is -7.88. The van der Waals surface area contributed by atoms with Gasteiger partial charge >= 0.3 is 0 Å². The first-order chi connectivity index (χ1) is 32.6. The molecule has 0 aliphatic heterocycles. The molecule has 0 spiro atoms. The number of hydrogen-bond donors (Lipinski definition) is 0. The van der Waals surface area contributed by atoms with Crippen molar-refractivity contribution in [3.8, 4) is 27.9 Å². The zero-order chi connectivity index (χ0) is 45.8. The number of hydrogen-bond acceptors (Lipinski definition) is 2. The van der Waals surface area contributed by atoms with E-state index in [0.29, 0.717) is 44.2 Å². The van der Waals surface area contributed by atoms with Crippen molar-refractivity contribution in [1.82, 2.24) is 4.57 Å². The van der Waals surface area contributed by atoms with E-state index in [1.165, 1.54) is 4.90 Å². The summed E-state index contributed by atoms with van der Waals surface area (Å²) < 4.78 is 86.4. The van der Waals surface area contributed by atoms with Crippen LogP contribution in [0.25, 0.3) is 93.2 Å². The fourth-order valence-electron chi connectivity index (χ4n) is 8.55. The molecule has 0 saturated heterocycles. The molecule has 0 fully saturated rings. The van der Waals surface area contributed by atoms with E-state index in [2.05, 4.69) is 6.07 Å². The van der Waals surface area contributed by atoms with Crippen LogP contribution in [0.3, 0.4) is 0 Å². The normalized spacial score (nSPS) is 13.6. The minimum absolute atomic E-state index is 0.0377. The Labute approximate surface area is 352 Å². The Kier molecular flexibility index (Phi) is 5.92. The van der Waals surface area contributed by atoms with Crippen LogP contribution in [-0.4, -0.2) is 4.57 Å². The van der Waals surface area contributed by atoms with Gasteiger partial charge < -0.3 is 13.9 Å². The van der Waals surface area contributed by atoms with Crippen molar-refractivity contribution in [2.24, 2.45) is 0 Å². The Morgan fingerprint density at radius 2 is 0.983 bits per heavy atom. The van der Waals surface area contributed by atoms with Crippen LogP contribution in [0.2, 0.25) is 0 Å². The van der Waals surface area contributed by atoms with Crippen LogP contribution in [0.15, 0.2) is 223 Å². The first-order valence-electron chi connectivity index (χ1n) is 23.5. The maximum Gasteiger partial charge on any atom is 0.143 e. The molecule has 0 radical (unpaired) electrons. The molecular weight excluding hydrogens is 717 g/mol. The number of benzene rings is 10. The first kappa shape index (κ1) is 26.1. The van der Waals surface area contributed by atoms with Crippen LogP contribution >= 0.6 is 0 Å². The largest absolute Gasteiger partial charge is 0.455 e. The third kappa shape index (κ3) is 5.44. The summed E-state index contributed by atoms with van der Waals surface area (Å²) in [6.07, 6.45) is 0. The van der Waals surface area contributed by atoms with Crippen molar-refractivity contribution >= 4 is 82.4 Å². The molecule has 0 aliphatic rings. The lowest BCUT2D eigenvalue weighted by Gasteiger charge is -2.27. The smallest absolute Gasteiger partial charge is 0.143 e. The zero-order valence-electron chi connectivity index (χ0n) is 39.5. The summed E-state index contributed by atoms with van der Waals surface area (Å²) >= 11 is 0. The van der Waals surface area contributed by atoms with E-state index in [4.69, 9.17) is 4.42 Å². The first-order valence-corrected chi connectivity index (χ1v) is 19.5. The van der Waals surface area contributed by atoms with Crippen molar-refractivity contribution in [3.05, 3.63) is 218 Å². The van der Waals surface area contributed by atoms with E-state index >= 15 is 0 Å². The number of aromatic nitrogens is 1. The second-order valence-corrected chi connectivity index (χ2v) is 14.7. The Morgan fingerprint density at radius 3 is 1.73 bits per heavy atom. The lowest BCUT2D eigenvalue weighted by atomic mass is 9.97. The summed E-state index contributed by atoms with van der Waals surface area (Å²) in [6.45, 7) is 0. The molecule has 0 unspecified atom stereocenters. The van der Waals surface area contributed by atoms with Crippen LogP contribution in [-0.2, 0) is 0 Å². The molecule has 0 aliphatic carbocycles. The van der Waals surface area contributed by atoms with Gasteiger partial charge in [-0.25, -0.2) is 0 Å². The molecule has 0 bridgehead atoms. The van der Waals surface area contributed by atoms with Gasteiger partial charge in [-0.15, -0.1) is 0 Å². The molecule has 3 nitrogen and oxygen atoms in total. The van der Waals surface area contributed by atoms with Crippen molar-refractivity contribution < 1.29 is 15.4 Å². The van der Waals surface area contributed by atoms with E-state index in [-0.39, 0.29) is 46.8 Å². The second-order valence-electron chi connectivity index (χ2n) is 14.7. The topological polar surface area (TPSA) is 21.3 Å². The van der Waals surface area contributed by atoms with Crippen molar-refractivity contribution in [2.45, 2.75) is 0 Å². The van der Waals surface area contributed by atoms with Crippen LogP contribution in [0.4, 0.5) is 17.1 Å². The predicted octanol–water partition coefficient (Wildman–Crippen LogP) is 15.8. The third-order valence-electron chi connectivity index (χ3n) is 11.3. The SMILES string of the molecule is [2H]c1c([2H])c(N(c2c([2H])c([2H])c(-n3c4ccccc4c4ccccc43)c([2H])c2[2H])c2cccc3oc4c5ccccc5ccc4c23)c([2H])c([2H])c1-c1cccc(-c2ccc3ccccc3c2)c1. The molecular formula is C56H36N2O. The van der Waals surface area contributed by atoms with E-state index in [1.54, 1.807) is 28.8 Å². The number of furan rings is 1. The molecule has 10 aromatic carbocycles. The highest BCUT2D eigenvalue weighted by atomic mass is 16.3. The maximum atomic E-state index is 9.86. The summed E-state index contributed by atoms with van der Waals surface area (Å²) in [5.74, 6) is 0.